The zero-order valence-electron chi connectivity index (χ0n) is 17.2. The lowest BCUT2D eigenvalue weighted by molar-refractivity contribution is -0.128. The van der Waals surface area contributed by atoms with Gasteiger partial charge in [0.05, 0.1) is 12.0 Å². The lowest BCUT2D eigenvalue weighted by Crippen LogP contribution is -2.38. The second kappa shape index (κ2) is 9.62. The molecular weight excluding hydrogens is 423 g/mol. The summed E-state index contributed by atoms with van der Waals surface area (Å²) < 4.78 is 15.1. The Kier molecular flexibility index (Phi) is 7.15. The van der Waals surface area contributed by atoms with Gasteiger partial charge >= 0.3 is 0 Å². The number of aryl methyl sites for hydroxylation is 1. The van der Waals surface area contributed by atoms with Crippen LogP contribution in [0.2, 0.25) is 0 Å². The Morgan fingerprint density at radius 2 is 1.80 bits per heavy atom. The highest BCUT2D eigenvalue weighted by Gasteiger charge is 2.27. The maximum Gasteiger partial charge on any atom is 0.227 e. The minimum atomic E-state index is -0.670. The van der Waals surface area contributed by atoms with Gasteiger partial charge in [-0.15, -0.1) is 21.8 Å². The van der Waals surface area contributed by atoms with Gasteiger partial charge in [0.15, 0.2) is 11.0 Å². The Morgan fingerprint density at radius 1 is 1.13 bits per heavy atom. The third-order valence-corrected chi connectivity index (χ3v) is 6.30. The van der Waals surface area contributed by atoms with E-state index in [1.165, 1.54) is 23.9 Å². The fourth-order valence-corrected chi connectivity index (χ4v) is 3.70. The van der Waals surface area contributed by atoms with E-state index in [4.69, 9.17) is 11.6 Å². The van der Waals surface area contributed by atoms with Gasteiger partial charge in [-0.2, -0.15) is 0 Å². The number of nitrogens with zero attached hydrogens (tertiary/aromatic N) is 3. The number of alkyl halides is 1. The fourth-order valence-electron chi connectivity index (χ4n) is 2.65. The molecule has 5 nitrogen and oxygen atoms in total. The molecule has 0 saturated heterocycles. The molecule has 3 rings (SSSR count). The number of amides is 1. The van der Waals surface area contributed by atoms with Gasteiger partial charge in [0.2, 0.25) is 5.91 Å². The number of hydrogen-bond acceptors (Lipinski definition) is 4. The number of rotatable bonds is 8. The molecule has 0 aliphatic heterocycles. The molecule has 1 amide bonds. The van der Waals surface area contributed by atoms with Crippen LogP contribution >= 0.6 is 23.4 Å². The van der Waals surface area contributed by atoms with Crippen molar-refractivity contribution >= 4 is 29.3 Å². The van der Waals surface area contributed by atoms with Crippen LogP contribution in [0.4, 0.5) is 4.39 Å². The number of benzene rings is 2. The van der Waals surface area contributed by atoms with E-state index in [0.717, 1.165) is 16.8 Å². The maximum atomic E-state index is 13.2. The first-order valence-corrected chi connectivity index (χ1v) is 11.0. The van der Waals surface area contributed by atoms with Crippen molar-refractivity contribution in [3.05, 3.63) is 71.3 Å². The molecule has 0 atom stereocenters. The average molecular weight is 447 g/mol. The Bertz CT molecular complexity index is 1000. The normalized spacial score (nSPS) is 11.5. The minimum absolute atomic E-state index is 0.142. The summed E-state index contributed by atoms with van der Waals surface area (Å²) in [4.78, 5) is 12.4. The van der Waals surface area contributed by atoms with Crippen molar-refractivity contribution in [1.82, 2.24) is 20.1 Å². The van der Waals surface area contributed by atoms with E-state index in [1.54, 1.807) is 26.0 Å². The average Bonchev–Trinajstić information content (AvgIpc) is 3.15. The Balaban J connectivity index is 1.84. The van der Waals surface area contributed by atoms with Crippen molar-refractivity contribution < 1.29 is 9.18 Å². The van der Waals surface area contributed by atoms with Crippen molar-refractivity contribution in [3.8, 4) is 5.69 Å². The maximum absolute atomic E-state index is 13.2. The molecule has 1 heterocycles. The molecule has 0 radical (unpaired) electrons. The Hall–Kier alpha value is -2.38. The van der Waals surface area contributed by atoms with Crippen molar-refractivity contribution in [2.24, 2.45) is 5.41 Å². The van der Waals surface area contributed by atoms with Gasteiger partial charge in [-0.1, -0.05) is 41.6 Å². The SMILES string of the molecule is Cc1ccc(-n2c(CNC(=O)C(C)(C)CCl)nnc2SCc2ccc(F)cc2)cc1. The molecule has 0 saturated carbocycles. The first-order chi connectivity index (χ1) is 14.3. The summed E-state index contributed by atoms with van der Waals surface area (Å²) in [5.41, 5.74) is 2.37. The summed E-state index contributed by atoms with van der Waals surface area (Å²) in [5, 5.41) is 12.2. The van der Waals surface area contributed by atoms with Gasteiger partial charge in [0.1, 0.15) is 5.82 Å². The van der Waals surface area contributed by atoms with Gasteiger partial charge in [-0.3, -0.25) is 9.36 Å². The van der Waals surface area contributed by atoms with Crippen molar-refractivity contribution in [2.75, 3.05) is 5.88 Å². The van der Waals surface area contributed by atoms with E-state index in [2.05, 4.69) is 15.5 Å². The van der Waals surface area contributed by atoms with Gasteiger partial charge in [0.25, 0.3) is 0 Å². The molecule has 8 heteroatoms. The number of nitrogens with one attached hydrogen (secondary N) is 1. The zero-order chi connectivity index (χ0) is 21.7. The number of aromatic nitrogens is 3. The second-order valence-electron chi connectivity index (χ2n) is 7.69. The highest BCUT2D eigenvalue weighted by Crippen LogP contribution is 2.26. The molecule has 0 fully saturated rings. The molecule has 0 aliphatic carbocycles. The van der Waals surface area contributed by atoms with Crippen LogP contribution in [-0.2, 0) is 17.1 Å². The molecule has 3 aromatic rings. The van der Waals surface area contributed by atoms with Crippen molar-refractivity contribution in [1.29, 1.82) is 0 Å². The largest absolute Gasteiger partial charge is 0.348 e. The molecule has 158 valence electrons. The van der Waals surface area contributed by atoms with Crippen LogP contribution < -0.4 is 5.32 Å². The lowest BCUT2D eigenvalue weighted by atomic mass is 9.95. The van der Waals surface area contributed by atoms with E-state index in [9.17, 15) is 9.18 Å². The van der Waals surface area contributed by atoms with E-state index in [1.807, 2.05) is 35.8 Å². The monoisotopic (exact) mass is 446 g/mol. The highest BCUT2D eigenvalue weighted by molar-refractivity contribution is 7.98. The van der Waals surface area contributed by atoms with Crippen LogP contribution in [0.1, 0.15) is 30.8 Å². The molecule has 30 heavy (non-hydrogen) atoms. The number of carbonyl (C=O) groups excluding carboxylic acids is 1. The van der Waals surface area contributed by atoms with Crippen LogP contribution in [0.5, 0.6) is 0 Å². The molecule has 0 bridgehead atoms. The summed E-state index contributed by atoms with van der Waals surface area (Å²) in [6.07, 6.45) is 0. The molecular formula is C22H24ClFN4OS. The summed E-state index contributed by atoms with van der Waals surface area (Å²) >= 11 is 7.41. The second-order valence-corrected chi connectivity index (χ2v) is 8.89. The van der Waals surface area contributed by atoms with Crippen LogP contribution in [0.25, 0.3) is 5.69 Å². The van der Waals surface area contributed by atoms with Crippen LogP contribution in [-0.4, -0.2) is 26.6 Å². The van der Waals surface area contributed by atoms with E-state index >= 15 is 0 Å². The highest BCUT2D eigenvalue weighted by atomic mass is 35.5. The molecule has 1 N–H and O–H groups in total. The minimum Gasteiger partial charge on any atom is -0.348 e. The van der Waals surface area contributed by atoms with Crippen molar-refractivity contribution in [3.63, 3.8) is 0 Å². The topological polar surface area (TPSA) is 59.8 Å². The van der Waals surface area contributed by atoms with Crippen LogP contribution in [0.15, 0.2) is 53.7 Å². The van der Waals surface area contributed by atoms with Gasteiger partial charge < -0.3 is 5.32 Å². The third kappa shape index (κ3) is 5.40. The van der Waals surface area contributed by atoms with Gasteiger partial charge in [0, 0.05) is 17.3 Å². The van der Waals surface area contributed by atoms with Crippen LogP contribution in [0.3, 0.4) is 0 Å². The number of thioether (sulfide) groups is 1. The predicted molar refractivity (Wildman–Crippen MR) is 118 cm³/mol. The number of halogens is 2. The van der Waals surface area contributed by atoms with Gasteiger partial charge in [-0.25, -0.2) is 4.39 Å². The third-order valence-electron chi connectivity index (χ3n) is 4.63. The van der Waals surface area contributed by atoms with E-state index < -0.39 is 5.41 Å². The quantitative estimate of drug-likeness (QED) is 0.395. The molecule has 1 aromatic heterocycles. The van der Waals surface area contributed by atoms with E-state index in [0.29, 0.717) is 16.7 Å². The van der Waals surface area contributed by atoms with E-state index in [-0.39, 0.29) is 24.1 Å². The molecule has 0 spiro atoms. The molecule has 0 unspecified atom stereocenters. The molecule has 0 aliphatic rings. The predicted octanol–water partition coefficient (Wildman–Crippen LogP) is 4.89. The first kappa shape index (κ1) is 22.3. The summed E-state index contributed by atoms with van der Waals surface area (Å²) in [5.74, 6) is 1.07. The zero-order valence-corrected chi connectivity index (χ0v) is 18.7. The Morgan fingerprint density at radius 3 is 2.43 bits per heavy atom. The fraction of sp³-hybridized carbons (Fsp3) is 0.318. The van der Waals surface area contributed by atoms with Crippen LogP contribution in [0, 0.1) is 18.2 Å². The van der Waals surface area contributed by atoms with Crippen molar-refractivity contribution in [2.45, 2.75) is 38.2 Å². The molecule has 2 aromatic carbocycles. The summed E-state index contributed by atoms with van der Waals surface area (Å²) in [7, 11) is 0. The smallest absolute Gasteiger partial charge is 0.227 e. The lowest BCUT2D eigenvalue weighted by Gasteiger charge is -2.20. The standard InChI is InChI=1S/C22H24ClFN4OS/c1-15-4-10-18(11-5-15)28-19(12-25-20(29)22(2,3)14-23)26-27-21(28)30-13-16-6-8-17(24)9-7-16/h4-11H,12-14H2,1-3H3,(H,25,29). The first-order valence-electron chi connectivity index (χ1n) is 9.53. The van der Waals surface area contributed by atoms with Gasteiger partial charge in [-0.05, 0) is 50.6 Å². The summed E-state index contributed by atoms with van der Waals surface area (Å²) in [6.45, 7) is 5.85. The number of hydrogen-bond donors (Lipinski definition) is 1. The number of carbonyl (C=O) groups is 1. The Labute approximate surface area is 185 Å². The summed E-state index contributed by atoms with van der Waals surface area (Å²) in [6, 6.07) is 14.4.